The van der Waals surface area contributed by atoms with Gasteiger partial charge in [0.2, 0.25) is 17.5 Å². The fraction of sp³-hybridized carbons (Fsp3) is 0.515. The van der Waals surface area contributed by atoms with Gasteiger partial charge in [0.1, 0.15) is 17.2 Å². The lowest BCUT2D eigenvalue weighted by atomic mass is 9.62. The summed E-state index contributed by atoms with van der Waals surface area (Å²) in [5.41, 5.74) is 9.39. The van der Waals surface area contributed by atoms with E-state index >= 15 is 0 Å². The smallest absolute Gasteiger partial charge is 0.358 e. The van der Waals surface area contributed by atoms with Gasteiger partial charge in [-0.25, -0.2) is 14.5 Å². The summed E-state index contributed by atoms with van der Waals surface area (Å²) in [6.45, 7) is 4.90. The molecule has 4 atom stereocenters. The molecule has 0 bridgehead atoms. The van der Waals surface area contributed by atoms with E-state index in [-0.39, 0.29) is 30.6 Å². The van der Waals surface area contributed by atoms with Crippen molar-refractivity contribution < 1.29 is 23.5 Å². The van der Waals surface area contributed by atoms with Crippen molar-refractivity contribution in [2.75, 3.05) is 33.0 Å². The van der Waals surface area contributed by atoms with Crippen LogP contribution in [-0.2, 0) is 27.7 Å². The highest BCUT2D eigenvalue weighted by molar-refractivity contribution is 7.16. The minimum Gasteiger partial charge on any atom is -0.473 e. The van der Waals surface area contributed by atoms with E-state index in [9.17, 15) is 10.1 Å². The molecule has 14 heteroatoms. The number of nitrogens with two attached hydrogens (primary N) is 1. The van der Waals surface area contributed by atoms with E-state index in [1.54, 1.807) is 32.4 Å². The molecule has 0 aromatic carbocycles. The molecule has 3 aliphatic rings. The van der Waals surface area contributed by atoms with Crippen molar-refractivity contribution in [1.29, 1.82) is 5.26 Å². The van der Waals surface area contributed by atoms with Gasteiger partial charge in [-0.15, -0.1) is 11.3 Å². The molecular formula is C33H38N8O5S. The number of ether oxygens (including phenoxy) is 3. The number of nitrogen functional groups attached to an aromatic ring is 1. The summed E-state index contributed by atoms with van der Waals surface area (Å²) in [7, 11) is 3.79. The lowest BCUT2D eigenvalue weighted by Gasteiger charge is -2.39. The highest BCUT2D eigenvalue weighted by Gasteiger charge is 2.48. The Morgan fingerprint density at radius 2 is 2.11 bits per heavy atom. The largest absolute Gasteiger partial charge is 0.473 e. The average molecular weight is 659 g/mol. The van der Waals surface area contributed by atoms with Crippen LogP contribution in [0.1, 0.15) is 83.7 Å². The number of fused-ring (bicyclic) bond motifs is 4. The number of nitrogens with zero attached hydrogens (tertiary/aromatic N) is 7. The second kappa shape index (κ2) is 12.4. The van der Waals surface area contributed by atoms with Crippen LogP contribution < -0.4 is 10.5 Å². The SMILES string of the molecule is CCOC(=O)c1ccn(-c2cc(O[C@@H](C)[C@@H]3[C@@H](OC)CCN3C)nc(-c3onc4c3CCC[C@@]43CCCc4sc(N)c(C#N)c43)n2)n1. The Kier molecular flexibility index (Phi) is 8.23. The minimum absolute atomic E-state index is 0.0211. The van der Waals surface area contributed by atoms with Crippen LogP contribution in [0, 0.1) is 11.3 Å². The first-order valence-electron chi connectivity index (χ1n) is 16.1. The van der Waals surface area contributed by atoms with Crippen LogP contribution in [0.4, 0.5) is 5.00 Å². The van der Waals surface area contributed by atoms with Crippen LogP contribution in [-0.4, -0.2) is 81.3 Å². The molecule has 5 heterocycles. The fourth-order valence-electron chi connectivity index (χ4n) is 7.80. The van der Waals surface area contributed by atoms with Crippen molar-refractivity contribution in [2.24, 2.45) is 0 Å². The summed E-state index contributed by atoms with van der Waals surface area (Å²) < 4.78 is 25.1. The molecule has 2 N–H and O–H groups in total. The molecule has 246 valence electrons. The first-order valence-corrected chi connectivity index (χ1v) is 16.9. The van der Waals surface area contributed by atoms with Crippen molar-refractivity contribution >= 4 is 22.3 Å². The number of hydrogen-bond donors (Lipinski definition) is 1. The second-order valence-electron chi connectivity index (χ2n) is 12.5. The fourth-order valence-corrected chi connectivity index (χ4v) is 8.96. The quantitative estimate of drug-likeness (QED) is 0.265. The van der Waals surface area contributed by atoms with Crippen LogP contribution in [0.15, 0.2) is 22.9 Å². The monoisotopic (exact) mass is 658 g/mol. The van der Waals surface area contributed by atoms with Crippen molar-refractivity contribution in [3.05, 3.63) is 51.3 Å². The van der Waals surface area contributed by atoms with Crippen LogP contribution in [0.25, 0.3) is 17.4 Å². The number of likely N-dealkylation sites (tertiary alicyclic amines) is 1. The minimum atomic E-state index is -0.521. The number of nitriles is 1. The number of rotatable bonds is 8. The first kappa shape index (κ1) is 31.3. The molecule has 1 fully saturated rings. The predicted octanol–water partition coefficient (Wildman–Crippen LogP) is 4.45. The van der Waals surface area contributed by atoms with Gasteiger partial charge in [-0.05, 0) is 77.5 Å². The molecule has 1 spiro atoms. The Bertz CT molecular complexity index is 1860. The molecule has 0 saturated carbocycles. The van der Waals surface area contributed by atoms with Gasteiger partial charge in [0.25, 0.3) is 0 Å². The molecular weight excluding hydrogens is 620 g/mol. The third-order valence-corrected chi connectivity index (χ3v) is 10.9. The topological polar surface area (TPSA) is 167 Å². The van der Waals surface area contributed by atoms with E-state index in [2.05, 4.69) is 28.3 Å². The zero-order valence-corrected chi connectivity index (χ0v) is 27.8. The van der Waals surface area contributed by atoms with Gasteiger partial charge in [0.15, 0.2) is 11.5 Å². The average Bonchev–Trinajstić information content (AvgIpc) is 3.86. The predicted molar refractivity (Wildman–Crippen MR) is 173 cm³/mol. The summed E-state index contributed by atoms with van der Waals surface area (Å²) in [5, 5.41) is 19.8. The van der Waals surface area contributed by atoms with Crippen molar-refractivity contribution in [3.63, 3.8) is 0 Å². The number of anilines is 1. The van der Waals surface area contributed by atoms with E-state index in [0.717, 1.165) is 73.2 Å². The van der Waals surface area contributed by atoms with Crippen LogP contribution in [0.5, 0.6) is 5.88 Å². The van der Waals surface area contributed by atoms with Crippen LogP contribution >= 0.6 is 11.3 Å². The van der Waals surface area contributed by atoms with Gasteiger partial charge >= 0.3 is 5.97 Å². The van der Waals surface area contributed by atoms with E-state index in [1.165, 1.54) is 16.0 Å². The maximum absolute atomic E-state index is 12.4. The number of carbonyl (C=O) groups is 1. The molecule has 0 unspecified atom stereocenters. The Hall–Kier alpha value is -4.32. The summed E-state index contributed by atoms with van der Waals surface area (Å²) in [4.78, 5) is 25.5. The van der Waals surface area contributed by atoms with Gasteiger partial charge in [-0.2, -0.15) is 15.3 Å². The number of carbonyl (C=O) groups excluding carboxylic acids is 1. The van der Waals surface area contributed by atoms with Crippen molar-refractivity contribution in [3.8, 4) is 29.4 Å². The van der Waals surface area contributed by atoms with Gasteiger partial charge in [-0.1, -0.05) is 5.16 Å². The van der Waals surface area contributed by atoms with Gasteiger partial charge in [0.05, 0.1) is 30.0 Å². The van der Waals surface area contributed by atoms with Crippen molar-refractivity contribution in [1.82, 2.24) is 29.8 Å². The van der Waals surface area contributed by atoms with Crippen molar-refractivity contribution in [2.45, 2.75) is 82.5 Å². The number of aryl methyl sites for hydroxylation is 1. The first-order chi connectivity index (χ1) is 22.8. The molecule has 1 saturated heterocycles. The Morgan fingerprint density at radius 1 is 1.30 bits per heavy atom. The maximum Gasteiger partial charge on any atom is 0.358 e. The standard InChI is InChI=1S/C33H38N8O5S/c1-5-44-32(42)21-10-15-41(38-21)24-16-25(45-18(2)27-22(43-4)11-14-40(27)3)37-31(36-24)28-19-8-6-12-33(29(19)39-46-28)13-7-9-23-26(33)20(17-34)30(35)47-23/h10,15-16,18,22,27H,5-9,11-14,35H2,1-4H3/t18-,22-,27+,33-/m0/s1. The van der Waals surface area contributed by atoms with Gasteiger partial charge in [0, 0.05) is 41.8 Å². The molecule has 4 aromatic rings. The summed E-state index contributed by atoms with van der Waals surface area (Å²) in [6.07, 6.45) is 7.51. The molecule has 2 aliphatic carbocycles. The molecule has 7 rings (SSSR count). The van der Waals surface area contributed by atoms with Gasteiger partial charge < -0.3 is 24.5 Å². The summed E-state index contributed by atoms with van der Waals surface area (Å²) in [6, 6.07) is 5.68. The molecule has 0 amide bonds. The maximum atomic E-state index is 12.4. The molecule has 1 aliphatic heterocycles. The second-order valence-corrected chi connectivity index (χ2v) is 13.6. The third-order valence-electron chi connectivity index (χ3n) is 9.83. The summed E-state index contributed by atoms with van der Waals surface area (Å²) >= 11 is 1.51. The van der Waals surface area contributed by atoms with E-state index in [0.29, 0.717) is 33.8 Å². The normalized spacial score (nSPS) is 22.9. The van der Waals surface area contributed by atoms with Crippen LogP contribution in [0.2, 0.25) is 0 Å². The highest BCUT2D eigenvalue weighted by atomic mass is 32.1. The number of esters is 1. The van der Waals surface area contributed by atoms with E-state index < -0.39 is 11.4 Å². The van der Waals surface area contributed by atoms with Crippen LogP contribution in [0.3, 0.4) is 0 Å². The number of hydrogen-bond acceptors (Lipinski definition) is 13. The highest BCUT2D eigenvalue weighted by Crippen LogP contribution is 2.54. The zero-order chi connectivity index (χ0) is 32.9. The molecule has 13 nitrogen and oxygen atoms in total. The Labute approximate surface area is 276 Å². The lowest BCUT2D eigenvalue weighted by molar-refractivity contribution is 0.0174. The third kappa shape index (κ3) is 5.26. The molecule has 0 radical (unpaired) electrons. The molecule has 4 aromatic heterocycles. The summed E-state index contributed by atoms with van der Waals surface area (Å²) in [5.74, 6) is 0.955. The Balaban J connectivity index is 1.32. The number of aromatic nitrogens is 5. The lowest BCUT2D eigenvalue weighted by Crippen LogP contribution is -2.44. The number of thiophene rings is 1. The molecule has 47 heavy (non-hydrogen) atoms. The van der Waals surface area contributed by atoms with E-state index in [4.69, 9.17) is 34.4 Å². The van der Waals surface area contributed by atoms with E-state index in [1.807, 2.05) is 6.92 Å². The zero-order valence-electron chi connectivity index (χ0n) is 27.0. The Morgan fingerprint density at radius 3 is 2.87 bits per heavy atom. The number of likely N-dealkylation sites (N-methyl/N-ethyl adjacent to an activating group) is 1. The van der Waals surface area contributed by atoms with Gasteiger partial charge in [-0.3, -0.25) is 4.90 Å². The number of methoxy groups -OCH3 is 1.